The van der Waals surface area contributed by atoms with Crippen molar-refractivity contribution in [2.45, 2.75) is 26.3 Å². The van der Waals surface area contributed by atoms with Crippen molar-refractivity contribution in [3.63, 3.8) is 0 Å². The maximum Gasteiger partial charge on any atom is 0.262 e. The summed E-state index contributed by atoms with van der Waals surface area (Å²) in [6.45, 7) is 3.69. The van der Waals surface area contributed by atoms with E-state index in [1.807, 2.05) is 26.0 Å². The number of furan rings is 1. The second-order valence-electron chi connectivity index (χ2n) is 7.94. The maximum atomic E-state index is 12.6. The van der Waals surface area contributed by atoms with Gasteiger partial charge < -0.3 is 14.5 Å². The van der Waals surface area contributed by atoms with Crippen molar-refractivity contribution < 1.29 is 18.7 Å². The lowest BCUT2D eigenvalue weighted by Crippen LogP contribution is -2.47. The maximum absolute atomic E-state index is 12.6. The van der Waals surface area contributed by atoms with E-state index in [1.165, 1.54) is 6.21 Å². The van der Waals surface area contributed by atoms with E-state index < -0.39 is 17.9 Å². The van der Waals surface area contributed by atoms with Crippen LogP contribution in [0.2, 0.25) is 10.0 Å². The van der Waals surface area contributed by atoms with Crippen LogP contribution in [-0.4, -0.2) is 30.7 Å². The van der Waals surface area contributed by atoms with E-state index in [1.54, 1.807) is 48.5 Å². The van der Waals surface area contributed by atoms with Crippen LogP contribution in [-0.2, 0) is 9.59 Å². The van der Waals surface area contributed by atoms with Crippen molar-refractivity contribution in [1.82, 2.24) is 10.7 Å². The van der Waals surface area contributed by atoms with Gasteiger partial charge in [-0.2, -0.15) is 5.10 Å². The van der Waals surface area contributed by atoms with Gasteiger partial charge in [0.2, 0.25) is 0 Å². The van der Waals surface area contributed by atoms with Crippen LogP contribution >= 0.6 is 23.2 Å². The van der Waals surface area contributed by atoms with Gasteiger partial charge in [0, 0.05) is 15.6 Å². The molecule has 0 bridgehead atoms. The third kappa shape index (κ3) is 7.93. The summed E-state index contributed by atoms with van der Waals surface area (Å²) in [4.78, 5) is 25.0. The number of ether oxygens (including phenoxy) is 1. The van der Waals surface area contributed by atoms with Crippen LogP contribution in [0.1, 0.15) is 26.0 Å². The number of rotatable bonds is 10. The van der Waals surface area contributed by atoms with E-state index in [2.05, 4.69) is 15.8 Å². The minimum atomic E-state index is -0.764. The molecule has 34 heavy (non-hydrogen) atoms. The number of nitrogens with one attached hydrogen (secondary N) is 2. The van der Waals surface area contributed by atoms with E-state index in [9.17, 15) is 9.59 Å². The van der Waals surface area contributed by atoms with Crippen molar-refractivity contribution in [3.05, 3.63) is 76.5 Å². The van der Waals surface area contributed by atoms with Gasteiger partial charge in [-0.1, -0.05) is 37.0 Å². The Balaban J connectivity index is 1.54. The molecule has 1 atom stereocenters. The minimum absolute atomic E-state index is 0.171. The number of carbonyl (C=O) groups excluding carboxylic acids is 2. The molecule has 1 aromatic heterocycles. The lowest BCUT2D eigenvalue weighted by Gasteiger charge is -2.19. The topological polar surface area (TPSA) is 92.9 Å². The number of amides is 2. The molecule has 0 aliphatic rings. The first-order chi connectivity index (χ1) is 16.3. The fraction of sp³-hybridized carbons (Fsp3) is 0.240. The number of hydrazone groups is 1. The normalized spacial score (nSPS) is 12.0. The second kappa shape index (κ2) is 12.3. The Morgan fingerprint density at radius 3 is 2.29 bits per heavy atom. The van der Waals surface area contributed by atoms with Gasteiger partial charge in [-0.05, 0) is 73.0 Å². The van der Waals surface area contributed by atoms with Gasteiger partial charge in [0.05, 0.1) is 6.21 Å². The van der Waals surface area contributed by atoms with Crippen LogP contribution in [0.5, 0.6) is 5.75 Å². The molecule has 0 saturated carbocycles. The molecular weight excluding hydrogens is 477 g/mol. The Bertz CT molecular complexity index is 1130. The molecule has 0 spiro atoms. The van der Waals surface area contributed by atoms with Crippen molar-refractivity contribution in [1.29, 1.82) is 0 Å². The SMILES string of the molecule is CC(C)C[C@H](NC(=O)COc1ccc(Cl)cc1)C(=O)N/N=C\c1ccc(-c2ccc(Cl)cc2)o1. The Labute approximate surface area is 208 Å². The fourth-order valence-corrected chi connectivity index (χ4v) is 3.30. The summed E-state index contributed by atoms with van der Waals surface area (Å²) in [7, 11) is 0. The summed E-state index contributed by atoms with van der Waals surface area (Å²) in [6, 6.07) is 16.7. The van der Waals surface area contributed by atoms with Gasteiger partial charge in [-0.3, -0.25) is 9.59 Å². The lowest BCUT2D eigenvalue weighted by molar-refractivity contribution is -0.130. The number of carbonyl (C=O) groups is 2. The second-order valence-corrected chi connectivity index (χ2v) is 8.81. The summed E-state index contributed by atoms with van der Waals surface area (Å²) in [5.41, 5.74) is 3.33. The third-order valence-electron chi connectivity index (χ3n) is 4.66. The number of halogens is 2. The zero-order chi connectivity index (χ0) is 24.5. The highest BCUT2D eigenvalue weighted by Crippen LogP contribution is 2.23. The first kappa shape index (κ1) is 25.3. The van der Waals surface area contributed by atoms with Gasteiger partial charge in [0.25, 0.3) is 11.8 Å². The van der Waals surface area contributed by atoms with E-state index in [-0.39, 0.29) is 12.5 Å². The zero-order valence-electron chi connectivity index (χ0n) is 18.8. The highest BCUT2D eigenvalue weighted by molar-refractivity contribution is 6.30. The van der Waals surface area contributed by atoms with E-state index in [0.717, 1.165) is 5.56 Å². The van der Waals surface area contributed by atoms with E-state index in [4.69, 9.17) is 32.4 Å². The molecule has 0 fully saturated rings. The molecule has 0 aliphatic carbocycles. The molecule has 0 unspecified atom stereocenters. The zero-order valence-corrected chi connectivity index (χ0v) is 20.3. The van der Waals surface area contributed by atoms with Crippen LogP contribution in [0.4, 0.5) is 0 Å². The molecule has 2 amide bonds. The molecule has 178 valence electrons. The van der Waals surface area contributed by atoms with Crippen molar-refractivity contribution >= 4 is 41.2 Å². The predicted octanol–water partition coefficient (Wildman–Crippen LogP) is 5.31. The third-order valence-corrected chi connectivity index (χ3v) is 5.17. The number of hydrogen-bond acceptors (Lipinski definition) is 5. The first-order valence-corrected chi connectivity index (χ1v) is 11.4. The lowest BCUT2D eigenvalue weighted by atomic mass is 10.0. The van der Waals surface area contributed by atoms with Gasteiger partial charge in [0.1, 0.15) is 23.3 Å². The minimum Gasteiger partial charge on any atom is -0.484 e. The Hall–Kier alpha value is -3.29. The first-order valence-electron chi connectivity index (χ1n) is 10.7. The number of hydrogen-bond donors (Lipinski definition) is 2. The molecule has 0 aliphatic heterocycles. The summed E-state index contributed by atoms with van der Waals surface area (Å²) in [6.07, 6.45) is 1.84. The molecule has 2 N–H and O–H groups in total. The van der Waals surface area contributed by atoms with Crippen LogP contribution in [0.15, 0.2) is 70.2 Å². The Morgan fingerprint density at radius 1 is 1.00 bits per heavy atom. The molecule has 3 rings (SSSR count). The highest BCUT2D eigenvalue weighted by Gasteiger charge is 2.22. The van der Waals surface area contributed by atoms with Crippen LogP contribution in [0, 0.1) is 5.92 Å². The van der Waals surface area contributed by atoms with Gasteiger partial charge in [-0.25, -0.2) is 5.43 Å². The average molecular weight is 502 g/mol. The fourth-order valence-electron chi connectivity index (χ4n) is 3.05. The van der Waals surface area contributed by atoms with Crippen molar-refractivity contribution in [3.8, 4) is 17.1 Å². The van der Waals surface area contributed by atoms with Gasteiger partial charge >= 0.3 is 0 Å². The molecule has 9 heteroatoms. The molecule has 0 radical (unpaired) electrons. The molecular formula is C25H25Cl2N3O4. The van der Waals surface area contributed by atoms with Gasteiger partial charge in [-0.15, -0.1) is 0 Å². The number of nitrogens with zero attached hydrogens (tertiary/aromatic N) is 1. The van der Waals surface area contributed by atoms with Crippen molar-refractivity contribution in [2.24, 2.45) is 11.0 Å². The smallest absolute Gasteiger partial charge is 0.262 e. The molecule has 3 aromatic rings. The Kier molecular flexibility index (Phi) is 9.13. The molecule has 1 heterocycles. The monoisotopic (exact) mass is 501 g/mol. The van der Waals surface area contributed by atoms with E-state index in [0.29, 0.717) is 33.7 Å². The quantitative estimate of drug-likeness (QED) is 0.290. The largest absolute Gasteiger partial charge is 0.484 e. The highest BCUT2D eigenvalue weighted by atomic mass is 35.5. The predicted molar refractivity (Wildman–Crippen MR) is 133 cm³/mol. The standard InChI is InChI=1S/C25H25Cl2N3O4/c1-16(2)13-22(29-24(31)15-33-20-9-7-19(27)8-10-20)25(32)30-28-14-21-11-12-23(34-21)17-3-5-18(26)6-4-17/h3-12,14,16,22H,13,15H2,1-2H3,(H,29,31)(H,30,32)/b28-14-/t22-/m0/s1. The van der Waals surface area contributed by atoms with Crippen LogP contribution in [0.3, 0.4) is 0 Å². The number of benzene rings is 2. The van der Waals surface area contributed by atoms with Gasteiger partial charge in [0.15, 0.2) is 6.61 Å². The average Bonchev–Trinajstić information content (AvgIpc) is 3.27. The molecule has 7 nitrogen and oxygen atoms in total. The summed E-state index contributed by atoms with van der Waals surface area (Å²) in [5.74, 6) is 0.934. The summed E-state index contributed by atoms with van der Waals surface area (Å²) >= 11 is 11.8. The van der Waals surface area contributed by atoms with Crippen molar-refractivity contribution in [2.75, 3.05) is 6.61 Å². The summed E-state index contributed by atoms with van der Waals surface area (Å²) < 4.78 is 11.2. The van der Waals surface area contributed by atoms with Crippen LogP contribution in [0.25, 0.3) is 11.3 Å². The van der Waals surface area contributed by atoms with Crippen LogP contribution < -0.4 is 15.5 Å². The Morgan fingerprint density at radius 2 is 1.65 bits per heavy atom. The van der Waals surface area contributed by atoms with E-state index >= 15 is 0 Å². The molecule has 0 saturated heterocycles. The molecule has 2 aromatic carbocycles. The summed E-state index contributed by atoms with van der Waals surface area (Å²) in [5, 5.41) is 7.87.